The molecule has 0 saturated carbocycles. The molecule has 7 nitrogen and oxygen atoms in total. The predicted octanol–water partition coefficient (Wildman–Crippen LogP) is 0.155. The molecule has 2 N–H and O–H groups in total. The van der Waals surface area contributed by atoms with Crippen molar-refractivity contribution in [1.29, 1.82) is 0 Å². The van der Waals surface area contributed by atoms with E-state index < -0.39 is 5.91 Å². The van der Waals surface area contributed by atoms with E-state index in [-0.39, 0.29) is 18.6 Å². The van der Waals surface area contributed by atoms with E-state index in [1.165, 1.54) is 4.90 Å². The molecule has 1 fully saturated rings. The summed E-state index contributed by atoms with van der Waals surface area (Å²) >= 11 is 0. The van der Waals surface area contributed by atoms with Crippen LogP contribution in [0.5, 0.6) is 0 Å². The molecule has 0 aliphatic carbocycles. The number of likely N-dealkylation sites (N-methyl/N-ethyl adjacent to an activating group) is 1. The average molecular weight is 309 g/mol. The maximum absolute atomic E-state index is 12.7. The molecule has 7 heteroatoms. The van der Waals surface area contributed by atoms with Gasteiger partial charge < -0.3 is 24.7 Å². The summed E-state index contributed by atoms with van der Waals surface area (Å²) < 4.78 is 11.1. The Morgan fingerprint density at radius 2 is 2.18 bits per heavy atom. The molecule has 1 aromatic rings. The Hall–Kier alpha value is -1.86. The monoisotopic (exact) mass is 309 g/mol. The summed E-state index contributed by atoms with van der Waals surface area (Å²) in [4.78, 5) is 27.5. The molecule has 2 amide bonds. The van der Waals surface area contributed by atoms with E-state index in [0.29, 0.717) is 36.8 Å². The van der Waals surface area contributed by atoms with Gasteiger partial charge >= 0.3 is 0 Å². The fourth-order valence-electron chi connectivity index (χ4n) is 2.64. The van der Waals surface area contributed by atoms with Gasteiger partial charge in [0.2, 0.25) is 5.91 Å². The van der Waals surface area contributed by atoms with Gasteiger partial charge in [-0.25, -0.2) is 0 Å². The molecule has 0 spiro atoms. The summed E-state index contributed by atoms with van der Waals surface area (Å²) in [6.07, 6.45) is -0.129. The van der Waals surface area contributed by atoms with E-state index >= 15 is 0 Å². The van der Waals surface area contributed by atoms with Gasteiger partial charge in [0, 0.05) is 19.6 Å². The molecule has 2 heterocycles. The lowest BCUT2D eigenvalue weighted by atomic mass is 10.2. The molecular formula is C15H23N3O4. The van der Waals surface area contributed by atoms with E-state index in [1.807, 2.05) is 7.05 Å². The van der Waals surface area contributed by atoms with Gasteiger partial charge in [0.15, 0.2) is 0 Å². The van der Waals surface area contributed by atoms with Crippen molar-refractivity contribution in [2.45, 2.75) is 20.0 Å². The van der Waals surface area contributed by atoms with Crippen LogP contribution in [-0.2, 0) is 9.53 Å². The number of carbonyl (C=O) groups excluding carboxylic acids is 2. The Balaban J connectivity index is 2.13. The second-order valence-corrected chi connectivity index (χ2v) is 5.73. The zero-order chi connectivity index (χ0) is 16.3. The highest BCUT2D eigenvalue weighted by Crippen LogP contribution is 2.17. The zero-order valence-corrected chi connectivity index (χ0v) is 13.3. The number of amides is 2. The number of carbonyl (C=O) groups is 2. The normalized spacial score (nSPS) is 19.1. The highest BCUT2D eigenvalue weighted by molar-refractivity contribution is 5.97. The molecule has 0 radical (unpaired) electrons. The third-order valence-electron chi connectivity index (χ3n) is 3.67. The second kappa shape index (κ2) is 6.93. The molecule has 1 atom stereocenters. The molecule has 122 valence electrons. The maximum atomic E-state index is 12.7. The van der Waals surface area contributed by atoms with Crippen LogP contribution >= 0.6 is 0 Å². The first-order valence-electron chi connectivity index (χ1n) is 7.31. The minimum atomic E-state index is -0.546. The van der Waals surface area contributed by atoms with Crippen molar-refractivity contribution in [2.75, 3.05) is 39.8 Å². The molecule has 1 saturated heterocycles. The van der Waals surface area contributed by atoms with E-state index in [4.69, 9.17) is 14.9 Å². The summed E-state index contributed by atoms with van der Waals surface area (Å²) in [5, 5.41) is 0. The number of nitrogens with zero attached hydrogens (tertiary/aromatic N) is 2. The van der Waals surface area contributed by atoms with Crippen LogP contribution in [0.1, 0.15) is 21.9 Å². The topological polar surface area (TPSA) is 89.0 Å². The molecule has 1 aliphatic heterocycles. The summed E-state index contributed by atoms with van der Waals surface area (Å²) in [7, 11) is 2.00. The lowest BCUT2D eigenvalue weighted by molar-refractivity contribution is -0.119. The molecule has 22 heavy (non-hydrogen) atoms. The van der Waals surface area contributed by atoms with Crippen molar-refractivity contribution < 1.29 is 18.7 Å². The highest BCUT2D eigenvalue weighted by Gasteiger charge is 2.27. The predicted molar refractivity (Wildman–Crippen MR) is 80.5 cm³/mol. The molecule has 2 rings (SSSR count). The number of nitrogens with two attached hydrogens (primary N) is 1. The largest absolute Gasteiger partial charge is 0.466 e. The molecule has 0 aromatic carbocycles. The number of aryl methyl sites for hydroxylation is 2. The lowest BCUT2D eigenvalue weighted by Gasteiger charge is -2.33. The SMILES string of the molecule is Cc1cc(C(=O)N(CC(N)=O)C[C@@H]2CN(C)CCO2)c(C)o1. The average Bonchev–Trinajstić information content (AvgIpc) is 2.75. The molecular weight excluding hydrogens is 286 g/mol. The fourth-order valence-corrected chi connectivity index (χ4v) is 2.64. The lowest BCUT2D eigenvalue weighted by Crippen LogP contribution is -2.49. The van der Waals surface area contributed by atoms with Crippen molar-refractivity contribution in [3.8, 4) is 0 Å². The number of ether oxygens (including phenoxy) is 1. The number of hydrogen-bond acceptors (Lipinski definition) is 5. The minimum Gasteiger partial charge on any atom is -0.466 e. The van der Waals surface area contributed by atoms with Crippen LogP contribution in [0, 0.1) is 13.8 Å². The zero-order valence-electron chi connectivity index (χ0n) is 13.3. The van der Waals surface area contributed by atoms with Gasteiger partial charge in [-0.05, 0) is 27.0 Å². The van der Waals surface area contributed by atoms with Crippen molar-refractivity contribution >= 4 is 11.8 Å². The first-order chi connectivity index (χ1) is 10.4. The van der Waals surface area contributed by atoms with Crippen molar-refractivity contribution in [2.24, 2.45) is 5.73 Å². The Bertz CT molecular complexity index is 555. The quantitative estimate of drug-likeness (QED) is 0.836. The van der Waals surface area contributed by atoms with Gasteiger partial charge in [-0.3, -0.25) is 9.59 Å². The van der Waals surface area contributed by atoms with Gasteiger partial charge in [-0.1, -0.05) is 0 Å². The number of rotatable bonds is 5. The first-order valence-corrected chi connectivity index (χ1v) is 7.31. The highest BCUT2D eigenvalue weighted by atomic mass is 16.5. The van der Waals surface area contributed by atoms with E-state index in [2.05, 4.69) is 4.90 Å². The van der Waals surface area contributed by atoms with Crippen LogP contribution in [0.4, 0.5) is 0 Å². The number of morpholine rings is 1. The maximum Gasteiger partial charge on any atom is 0.257 e. The van der Waals surface area contributed by atoms with Gasteiger partial charge in [0.1, 0.15) is 11.5 Å². The van der Waals surface area contributed by atoms with Crippen LogP contribution in [0.3, 0.4) is 0 Å². The number of hydrogen-bond donors (Lipinski definition) is 1. The van der Waals surface area contributed by atoms with Gasteiger partial charge in [-0.2, -0.15) is 0 Å². The molecule has 1 aromatic heterocycles. The number of furan rings is 1. The number of primary amides is 1. The van der Waals surface area contributed by atoms with Gasteiger partial charge in [0.05, 0.1) is 24.8 Å². The minimum absolute atomic E-state index is 0.129. The van der Waals surface area contributed by atoms with Crippen LogP contribution in [0.2, 0.25) is 0 Å². The molecule has 1 aliphatic rings. The smallest absolute Gasteiger partial charge is 0.257 e. The fraction of sp³-hybridized carbons (Fsp3) is 0.600. The van der Waals surface area contributed by atoms with E-state index in [0.717, 1.165) is 6.54 Å². The van der Waals surface area contributed by atoms with Gasteiger partial charge in [-0.15, -0.1) is 0 Å². The van der Waals surface area contributed by atoms with Crippen molar-refractivity contribution in [1.82, 2.24) is 9.80 Å². The van der Waals surface area contributed by atoms with Crippen LogP contribution in [0.25, 0.3) is 0 Å². The van der Waals surface area contributed by atoms with Crippen LogP contribution in [0.15, 0.2) is 10.5 Å². The van der Waals surface area contributed by atoms with E-state index in [1.54, 1.807) is 19.9 Å². The Morgan fingerprint density at radius 3 is 2.73 bits per heavy atom. The van der Waals surface area contributed by atoms with Crippen molar-refractivity contribution in [3.05, 3.63) is 23.2 Å². The second-order valence-electron chi connectivity index (χ2n) is 5.73. The van der Waals surface area contributed by atoms with Crippen LogP contribution < -0.4 is 5.73 Å². The Labute approximate surface area is 130 Å². The Morgan fingerprint density at radius 1 is 1.45 bits per heavy atom. The van der Waals surface area contributed by atoms with Gasteiger partial charge in [0.25, 0.3) is 5.91 Å². The standard InChI is InChI=1S/C15H23N3O4/c1-10-6-13(11(2)22-10)15(20)18(9-14(16)19)8-12-7-17(3)4-5-21-12/h6,12H,4-5,7-9H2,1-3H3,(H2,16,19)/t12-/m0/s1. The summed E-state index contributed by atoms with van der Waals surface area (Å²) in [6, 6.07) is 1.68. The van der Waals surface area contributed by atoms with Crippen LogP contribution in [-0.4, -0.2) is 67.6 Å². The molecule has 0 bridgehead atoms. The Kier molecular flexibility index (Phi) is 5.20. The third kappa shape index (κ3) is 4.08. The summed E-state index contributed by atoms with van der Waals surface area (Å²) in [6.45, 7) is 5.90. The van der Waals surface area contributed by atoms with E-state index in [9.17, 15) is 9.59 Å². The summed E-state index contributed by atoms with van der Waals surface area (Å²) in [5.74, 6) is 0.396. The van der Waals surface area contributed by atoms with Crippen molar-refractivity contribution in [3.63, 3.8) is 0 Å². The third-order valence-corrected chi connectivity index (χ3v) is 3.67. The summed E-state index contributed by atoms with van der Waals surface area (Å²) in [5.41, 5.74) is 5.74. The molecule has 0 unspecified atom stereocenters. The first kappa shape index (κ1) is 16.5.